The van der Waals surface area contributed by atoms with Gasteiger partial charge < -0.3 is 108 Å². The number of hydrogen-bond acceptors (Lipinski definition) is 25. The number of fused-ring (bicyclic) bond motifs is 2. The van der Waals surface area contributed by atoms with E-state index in [1.807, 2.05) is 0 Å². The van der Waals surface area contributed by atoms with E-state index in [1.54, 1.807) is 6.92 Å². The Bertz CT molecular complexity index is 1950. The van der Waals surface area contributed by atoms with Gasteiger partial charge in [-0.3, -0.25) is 14.4 Å². The van der Waals surface area contributed by atoms with E-state index in [4.69, 9.17) is 61.6 Å². The molecule has 0 spiro atoms. The number of unbranched alkanes of at least 4 members (excludes halogenated alkanes) is 10. The van der Waals surface area contributed by atoms with Crippen LogP contribution in [0.5, 0.6) is 0 Å². The summed E-state index contributed by atoms with van der Waals surface area (Å²) >= 11 is 0. The molecule has 2 unspecified atom stereocenters. The minimum absolute atomic E-state index is 0.0130. The number of aliphatic hydroxyl groups excluding tert-OH is 9. The van der Waals surface area contributed by atoms with E-state index in [1.165, 1.54) is 34.1 Å². The van der Waals surface area contributed by atoms with Crippen LogP contribution in [0.2, 0.25) is 0 Å². The Balaban J connectivity index is 1.28. The van der Waals surface area contributed by atoms with Crippen LogP contribution in [0.15, 0.2) is 0 Å². The largest absolute Gasteiger partial charge is 0.457 e. The van der Waals surface area contributed by atoms with Crippen LogP contribution >= 0.6 is 0 Å². The zero-order chi connectivity index (χ0) is 62.6. The van der Waals surface area contributed by atoms with Crippen LogP contribution < -0.4 is 0 Å². The number of rotatable bonds is 24. The molecule has 0 saturated carbocycles. The van der Waals surface area contributed by atoms with Crippen molar-refractivity contribution >= 4 is 17.9 Å². The van der Waals surface area contributed by atoms with Crippen LogP contribution in [-0.2, 0) is 76.0 Å². The van der Waals surface area contributed by atoms with Crippen LogP contribution in [0, 0.1) is 0 Å². The van der Waals surface area contributed by atoms with Gasteiger partial charge in [0.2, 0.25) is 0 Å². The van der Waals surface area contributed by atoms with Gasteiger partial charge in [-0.25, -0.2) is 0 Å². The minimum Gasteiger partial charge on any atom is -0.457 e. The van der Waals surface area contributed by atoms with E-state index < -0.39 is 178 Å². The second kappa shape index (κ2) is 36.6. The van der Waals surface area contributed by atoms with Crippen molar-refractivity contribution in [1.82, 2.24) is 0 Å². The summed E-state index contributed by atoms with van der Waals surface area (Å²) in [6, 6.07) is 0. The predicted octanol–water partition coefficient (Wildman–Crippen LogP) is 3.67. The second-order valence-electron chi connectivity index (χ2n) is 24.5. The van der Waals surface area contributed by atoms with Gasteiger partial charge in [0.25, 0.3) is 0 Å². The molecule has 26 atom stereocenters. The Morgan fingerprint density at radius 1 is 0.453 bits per heavy atom. The predicted molar refractivity (Wildman–Crippen MR) is 303 cm³/mol. The lowest BCUT2D eigenvalue weighted by atomic mass is 9.95. The fourth-order valence-corrected chi connectivity index (χ4v) is 12.2. The van der Waals surface area contributed by atoms with E-state index >= 15 is 0 Å². The highest BCUT2D eigenvalue weighted by atomic mass is 16.8. The van der Waals surface area contributed by atoms with Gasteiger partial charge in [0.1, 0.15) is 79.4 Å². The van der Waals surface area contributed by atoms with Gasteiger partial charge in [0.05, 0.1) is 37.1 Å². The van der Waals surface area contributed by atoms with Crippen molar-refractivity contribution in [3.05, 3.63) is 0 Å². The van der Waals surface area contributed by atoms with Gasteiger partial charge in [-0.15, -0.1) is 0 Å². The standard InChI is InChI=1S/C61H106O25/c1-8-11-13-14-15-16-19-22-26-30-40(64)81-54-48(72)52(84-61-56(47(71)50(34(5)75-61)80-39(63)10-3)85-57-46(70)44(68)43(67)38(32-62)79-57)35(6)76-59(54)83-51-36(7)77-60-55(49(51)73)82-41(65)31-27-23-20-17-18-21-25-29-37(28-24-12-9-2)78-58-53(86-60)45(69)42(66)33(4)74-58/h33-38,42-62,66-73H,8-32H2,1-7H3/t33-,34+,35+,36+,37?,38-,42-,43-,44+,45+,46-,47-,48-,49-,50+,51+,52+,53-,54-,55-,56-,57+,58+,59+,60?,61+/m1/s1. The van der Waals surface area contributed by atoms with E-state index in [9.17, 15) is 60.3 Å². The van der Waals surface area contributed by atoms with Crippen molar-refractivity contribution in [2.45, 2.75) is 362 Å². The monoisotopic (exact) mass is 1240 g/mol. The molecule has 86 heavy (non-hydrogen) atoms. The Hall–Kier alpha value is -2.35. The first-order valence-corrected chi connectivity index (χ1v) is 32.4. The normalized spacial score (nSPS) is 41.6. The lowest BCUT2D eigenvalue weighted by Crippen LogP contribution is -2.67. The van der Waals surface area contributed by atoms with E-state index in [-0.39, 0.29) is 25.4 Å². The Morgan fingerprint density at radius 3 is 1.63 bits per heavy atom. The van der Waals surface area contributed by atoms with Gasteiger partial charge >= 0.3 is 17.9 Å². The Kier molecular flexibility index (Phi) is 31.0. The van der Waals surface area contributed by atoms with Crippen LogP contribution in [0.4, 0.5) is 0 Å². The highest BCUT2D eigenvalue weighted by Crippen LogP contribution is 2.39. The molecule has 25 nitrogen and oxygen atoms in total. The molecule has 0 aromatic rings. The first kappa shape index (κ1) is 72.7. The summed E-state index contributed by atoms with van der Waals surface area (Å²) in [4.78, 5) is 40.3. The molecule has 0 aliphatic carbocycles. The quantitative estimate of drug-likeness (QED) is 0.0378. The maximum Gasteiger partial charge on any atom is 0.306 e. The van der Waals surface area contributed by atoms with Crippen LogP contribution in [0.25, 0.3) is 0 Å². The topological polar surface area (TPSA) is 353 Å². The number of carbonyl (C=O) groups is 3. The zero-order valence-corrected chi connectivity index (χ0v) is 51.7. The highest BCUT2D eigenvalue weighted by molar-refractivity contribution is 5.70. The molecule has 0 amide bonds. The average molecular weight is 1240 g/mol. The Morgan fingerprint density at radius 2 is 0.977 bits per heavy atom. The van der Waals surface area contributed by atoms with E-state index in [0.717, 1.165) is 116 Å². The van der Waals surface area contributed by atoms with Gasteiger partial charge in [-0.2, -0.15) is 0 Å². The molecule has 0 aromatic carbocycles. The molecule has 6 heterocycles. The SMILES string of the molecule is CCCCCCCCCCCC(=O)O[C@H]1[C@H](O[C@@H]2[C@@H](O)[C@H]3OC(=O)CCCCCCCCCC(CCCCC)O[C@@H]4O[C@H](C)[C@@H](O)[C@H](O)[C@H]4OC3O[C@H]2C)O[C@@H](C)[C@H](O[C@@H]2O[C@@H](C)[C@H](OC(=O)CC)[C@@H](O)[C@H]2O[C@@H]2O[C@H](CO)[C@@H](O)[C@H](O)[C@H]2O)[C@H]1O. The number of esters is 3. The first-order chi connectivity index (χ1) is 41.2. The zero-order valence-electron chi connectivity index (χ0n) is 51.7. The molecule has 6 aliphatic rings. The fraction of sp³-hybridized carbons (Fsp3) is 0.951. The maximum atomic E-state index is 13.9. The van der Waals surface area contributed by atoms with Crippen molar-refractivity contribution < 1.29 is 122 Å². The number of hydrogen-bond donors (Lipinski definition) is 9. The van der Waals surface area contributed by atoms with Crippen LogP contribution in [0.1, 0.15) is 203 Å². The molecule has 6 fully saturated rings. The molecule has 6 saturated heterocycles. The summed E-state index contributed by atoms with van der Waals surface area (Å²) in [7, 11) is 0. The third-order valence-electron chi connectivity index (χ3n) is 17.5. The highest BCUT2D eigenvalue weighted by Gasteiger charge is 2.58. The van der Waals surface area contributed by atoms with Crippen molar-refractivity contribution in [3.8, 4) is 0 Å². The summed E-state index contributed by atoms with van der Waals surface area (Å²) < 4.78 is 80.7. The first-order valence-electron chi connectivity index (χ1n) is 32.4. The van der Waals surface area contributed by atoms with Gasteiger partial charge in [-0.05, 0) is 53.4 Å². The van der Waals surface area contributed by atoms with E-state index in [2.05, 4.69) is 13.8 Å². The smallest absolute Gasteiger partial charge is 0.306 e. The molecule has 6 aliphatic heterocycles. The van der Waals surface area contributed by atoms with Crippen molar-refractivity contribution in [1.29, 1.82) is 0 Å². The summed E-state index contributed by atoms with van der Waals surface area (Å²) in [5, 5.41) is 102. The van der Waals surface area contributed by atoms with Crippen molar-refractivity contribution in [3.63, 3.8) is 0 Å². The molecule has 9 N–H and O–H groups in total. The van der Waals surface area contributed by atoms with Crippen molar-refractivity contribution in [2.75, 3.05) is 6.61 Å². The van der Waals surface area contributed by atoms with E-state index in [0.29, 0.717) is 12.8 Å². The van der Waals surface area contributed by atoms with Crippen LogP contribution in [-0.4, -0.2) is 230 Å². The molecule has 500 valence electrons. The second-order valence-corrected chi connectivity index (χ2v) is 24.5. The van der Waals surface area contributed by atoms with Crippen LogP contribution in [0.3, 0.4) is 0 Å². The average Bonchev–Trinajstić information content (AvgIpc) is 1.22. The summed E-state index contributed by atoms with van der Waals surface area (Å²) in [6.07, 6.45) is -20.3. The summed E-state index contributed by atoms with van der Waals surface area (Å²) in [5.41, 5.74) is 0. The lowest BCUT2D eigenvalue weighted by Gasteiger charge is -2.50. The molecule has 25 heteroatoms. The molecule has 6 rings (SSSR count). The number of aliphatic hydroxyl groups is 9. The summed E-state index contributed by atoms with van der Waals surface area (Å²) in [6.45, 7) is 11.1. The third kappa shape index (κ3) is 20.3. The minimum atomic E-state index is -1.95. The molecule has 0 bridgehead atoms. The van der Waals surface area contributed by atoms with Gasteiger partial charge in [0.15, 0.2) is 49.8 Å². The Labute approximate surface area is 507 Å². The molecule has 0 radical (unpaired) electrons. The number of ether oxygens (including phenoxy) is 13. The fourth-order valence-electron chi connectivity index (χ4n) is 12.2. The molecular weight excluding hydrogens is 1130 g/mol. The lowest BCUT2D eigenvalue weighted by molar-refractivity contribution is -0.395. The molecular formula is C61H106O25. The van der Waals surface area contributed by atoms with Gasteiger partial charge in [0, 0.05) is 19.3 Å². The van der Waals surface area contributed by atoms with Crippen molar-refractivity contribution in [2.24, 2.45) is 0 Å². The molecule has 0 aromatic heterocycles. The van der Waals surface area contributed by atoms with Gasteiger partial charge in [-0.1, -0.05) is 130 Å². The maximum absolute atomic E-state index is 13.9. The third-order valence-corrected chi connectivity index (χ3v) is 17.5. The number of carbonyl (C=O) groups excluding carboxylic acids is 3. The summed E-state index contributed by atoms with van der Waals surface area (Å²) in [5.74, 6) is -2.14.